The lowest BCUT2D eigenvalue weighted by molar-refractivity contribution is -0.122. The Labute approximate surface area is 161 Å². The fraction of sp³-hybridized carbons (Fsp3) is 0.364. The number of benzene rings is 2. The Balaban J connectivity index is 2.12. The normalized spacial score (nSPS) is 11.6. The van der Waals surface area contributed by atoms with Gasteiger partial charge in [-0.1, -0.05) is 32.0 Å². The maximum absolute atomic E-state index is 12.7. The second-order valence-corrected chi connectivity index (χ2v) is 6.55. The molecule has 0 fully saturated rings. The Morgan fingerprint density at radius 2 is 1.78 bits per heavy atom. The van der Waals surface area contributed by atoms with Crippen LogP contribution in [-0.4, -0.2) is 24.5 Å². The molecule has 0 aromatic heterocycles. The highest BCUT2D eigenvalue weighted by Gasteiger charge is 2.21. The molecular formula is C22H28N2O3. The van der Waals surface area contributed by atoms with Crippen molar-refractivity contribution in [3.63, 3.8) is 0 Å². The monoisotopic (exact) mass is 368 g/mol. The van der Waals surface area contributed by atoms with E-state index in [4.69, 9.17) is 4.74 Å². The molecule has 27 heavy (non-hydrogen) atoms. The SMILES string of the molecule is CCCNC(=O)c1ccccc1NC(=O)C(CC)Oc1ccc(C)c(C)c1. The Morgan fingerprint density at radius 3 is 2.44 bits per heavy atom. The fourth-order valence-corrected chi connectivity index (χ4v) is 2.61. The Hall–Kier alpha value is -2.82. The first-order valence-electron chi connectivity index (χ1n) is 9.38. The molecule has 144 valence electrons. The Morgan fingerprint density at radius 1 is 1.04 bits per heavy atom. The zero-order valence-corrected chi connectivity index (χ0v) is 16.5. The van der Waals surface area contributed by atoms with Crippen molar-refractivity contribution >= 4 is 17.5 Å². The van der Waals surface area contributed by atoms with Crippen LogP contribution in [-0.2, 0) is 4.79 Å². The van der Waals surface area contributed by atoms with Crippen LogP contribution in [0.5, 0.6) is 5.75 Å². The van der Waals surface area contributed by atoms with Crippen molar-refractivity contribution < 1.29 is 14.3 Å². The van der Waals surface area contributed by atoms with Crippen LogP contribution >= 0.6 is 0 Å². The Kier molecular flexibility index (Phi) is 7.41. The van der Waals surface area contributed by atoms with Crippen molar-refractivity contribution in [3.05, 3.63) is 59.2 Å². The summed E-state index contributed by atoms with van der Waals surface area (Å²) in [5.41, 5.74) is 3.21. The number of rotatable bonds is 8. The van der Waals surface area contributed by atoms with E-state index in [1.165, 1.54) is 5.56 Å². The summed E-state index contributed by atoms with van der Waals surface area (Å²) in [5, 5.41) is 5.68. The molecule has 5 heteroatoms. The van der Waals surface area contributed by atoms with E-state index in [1.807, 2.05) is 45.9 Å². The van der Waals surface area contributed by atoms with E-state index in [9.17, 15) is 9.59 Å². The molecule has 0 aliphatic rings. The summed E-state index contributed by atoms with van der Waals surface area (Å²) >= 11 is 0. The van der Waals surface area contributed by atoms with Gasteiger partial charge in [0.15, 0.2) is 6.10 Å². The molecule has 1 unspecified atom stereocenters. The topological polar surface area (TPSA) is 67.4 Å². The number of aryl methyl sites for hydroxylation is 2. The summed E-state index contributed by atoms with van der Waals surface area (Å²) in [4.78, 5) is 25.0. The zero-order valence-electron chi connectivity index (χ0n) is 16.5. The average molecular weight is 368 g/mol. The number of para-hydroxylation sites is 1. The number of hydrogen-bond acceptors (Lipinski definition) is 3. The second kappa shape index (κ2) is 9.76. The molecule has 2 N–H and O–H groups in total. The highest BCUT2D eigenvalue weighted by Crippen LogP contribution is 2.20. The van der Waals surface area contributed by atoms with Gasteiger partial charge in [-0.2, -0.15) is 0 Å². The van der Waals surface area contributed by atoms with Gasteiger partial charge < -0.3 is 15.4 Å². The average Bonchev–Trinajstić information content (AvgIpc) is 2.67. The van der Waals surface area contributed by atoms with Crippen LogP contribution in [0.15, 0.2) is 42.5 Å². The summed E-state index contributed by atoms with van der Waals surface area (Å²) in [7, 11) is 0. The lowest BCUT2D eigenvalue weighted by Gasteiger charge is -2.19. The first kappa shape index (κ1) is 20.5. The minimum atomic E-state index is -0.640. The molecule has 0 aliphatic carbocycles. The molecule has 0 heterocycles. The molecule has 0 aliphatic heterocycles. The number of nitrogens with one attached hydrogen (secondary N) is 2. The van der Waals surface area contributed by atoms with Gasteiger partial charge in [-0.3, -0.25) is 9.59 Å². The maximum Gasteiger partial charge on any atom is 0.265 e. The third-order valence-electron chi connectivity index (χ3n) is 4.39. The predicted molar refractivity (Wildman–Crippen MR) is 108 cm³/mol. The molecule has 2 aromatic rings. The van der Waals surface area contributed by atoms with Gasteiger partial charge in [0, 0.05) is 6.54 Å². The van der Waals surface area contributed by atoms with Crippen molar-refractivity contribution in [2.24, 2.45) is 0 Å². The molecule has 1 atom stereocenters. The smallest absolute Gasteiger partial charge is 0.265 e. The molecule has 0 spiro atoms. The maximum atomic E-state index is 12.7. The first-order valence-corrected chi connectivity index (χ1v) is 9.38. The van der Waals surface area contributed by atoms with Crippen molar-refractivity contribution in [3.8, 4) is 5.75 Å². The number of hydrogen-bond donors (Lipinski definition) is 2. The van der Waals surface area contributed by atoms with Crippen molar-refractivity contribution in [2.75, 3.05) is 11.9 Å². The van der Waals surface area contributed by atoms with E-state index in [2.05, 4.69) is 10.6 Å². The van der Waals surface area contributed by atoms with Gasteiger partial charge in [0.05, 0.1) is 11.3 Å². The quantitative estimate of drug-likeness (QED) is 0.732. The van der Waals surface area contributed by atoms with E-state index < -0.39 is 6.10 Å². The van der Waals surface area contributed by atoms with Crippen LogP contribution in [0, 0.1) is 13.8 Å². The predicted octanol–water partition coefficient (Wildman–Crippen LogP) is 4.24. The molecule has 2 rings (SSSR count). The summed E-state index contributed by atoms with van der Waals surface area (Å²) in [6.45, 7) is 8.52. The van der Waals surface area contributed by atoms with Gasteiger partial charge in [-0.15, -0.1) is 0 Å². The highest BCUT2D eigenvalue weighted by atomic mass is 16.5. The van der Waals surface area contributed by atoms with Crippen molar-refractivity contribution in [1.82, 2.24) is 5.32 Å². The molecule has 0 saturated heterocycles. The van der Waals surface area contributed by atoms with E-state index in [0.29, 0.717) is 30.0 Å². The van der Waals surface area contributed by atoms with Gasteiger partial charge >= 0.3 is 0 Å². The van der Waals surface area contributed by atoms with Crippen LogP contribution < -0.4 is 15.4 Å². The molecule has 2 aromatic carbocycles. The summed E-state index contributed by atoms with van der Waals surface area (Å²) in [5.74, 6) is 0.191. The van der Waals surface area contributed by atoms with Crippen LogP contribution in [0.4, 0.5) is 5.69 Å². The van der Waals surface area contributed by atoms with E-state index >= 15 is 0 Å². The minimum absolute atomic E-state index is 0.198. The van der Waals surface area contributed by atoms with Gasteiger partial charge in [0.1, 0.15) is 5.75 Å². The van der Waals surface area contributed by atoms with Crippen LogP contribution in [0.3, 0.4) is 0 Å². The van der Waals surface area contributed by atoms with Gasteiger partial charge in [0.2, 0.25) is 0 Å². The van der Waals surface area contributed by atoms with E-state index in [1.54, 1.807) is 24.3 Å². The number of carbonyl (C=O) groups excluding carboxylic acids is 2. The first-order chi connectivity index (χ1) is 13.0. The third kappa shape index (κ3) is 5.58. The lowest BCUT2D eigenvalue weighted by atomic mass is 10.1. The van der Waals surface area contributed by atoms with Crippen LogP contribution in [0.1, 0.15) is 48.2 Å². The molecule has 0 saturated carbocycles. The van der Waals surface area contributed by atoms with Crippen LogP contribution in [0.2, 0.25) is 0 Å². The van der Waals surface area contributed by atoms with Gasteiger partial charge in [-0.25, -0.2) is 0 Å². The molecule has 0 radical (unpaired) electrons. The lowest BCUT2D eigenvalue weighted by Crippen LogP contribution is -2.33. The molecular weight excluding hydrogens is 340 g/mol. The second-order valence-electron chi connectivity index (χ2n) is 6.55. The number of ether oxygens (including phenoxy) is 1. The Bertz CT molecular complexity index is 802. The largest absolute Gasteiger partial charge is 0.481 e. The van der Waals surface area contributed by atoms with E-state index in [0.717, 1.165) is 12.0 Å². The highest BCUT2D eigenvalue weighted by molar-refractivity contribution is 6.04. The standard InChI is InChI=1S/C22H28N2O3/c1-5-13-23-21(25)18-9-7-8-10-19(18)24-22(26)20(6-2)27-17-12-11-15(3)16(4)14-17/h7-12,14,20H,5-6,13H2,1-4H3,(H,23,25)(H,24,26). The fourth-order valence-electron chi connectivity index (χ4n) is 2.61. The minimum Gasteiger partial charge on any atom is -0.481 e. The van der Waals surface area contributed by atoms with Gasteiger partial charge in [0.25, 0.3) is 11.8 Å². The van der Waals surface area contributed by atoms with Gasteiger partial charge in [-0.05, 0) is 62.1 Å². The summed E-state index contributed by atoms with van der Waals surface area (Å²) in [6, 6.07) is 12.8. The number of amides is 2. The summed E-state index contributed by atoms with van der Waals surface area (Å²) in [6.07, 6.45) is 0.726. The van der Waals surface area contributed by atoms with Crippen LogP contribution in [0.25, 0.3) is 0 Å². The zero-order chi connectivity index (χ0) is 19.8. The molecule has 2 amide bonds. The number of anilines is 1. The van der Waals surface area contributed by atoms with Crippen molar-refractivity contribution in [2.45, 2.75) is 46.6 Å². The molecule has 0 bridgehead atoms. The third-order valence-corrected chi connectivity index (χ3v) is 4.39. The summed E-state index contributed by atoms with van der Waals surface area (Å²) < 4.78 is 5.89. The number of carbonyl (C=O) groups is 2. The molecule has 5 nitrogen and oxygen atoms in total. The van der Waals surface area contributed by atoms with Crippen molar-refractivity contribution in [1.29, 1.82) is 0 Å². The van der Waals surface area contributed by atoms with E-state index in [-0.39, 0.29) is 11.8 Å².